The second kappa shape index (κ2) is 7.72. The number of rotatable bonds is 5. The summed E-state index contributed by atoms with van der Waals surface area (Å²) in [6.07, 6.45) is 0. The summed E-state index contributed by atoms with van der Waals surface area (Å²) in [7, 11) is 1.61. The Balaban J connectivity index is 2.11. The topological polar surface area (TPSA) is 112 Å². The largest absolute Gasteiger partial charge is 0.350 e. The molecule has 9 heteroatoms. The summed E-state index contributed by atoms with van der Waals surface area (Å²) in [6.45, 7) is 1.85. The van der Waals surface area contributed by atoms with E-state index in [0.717, 1.165) is 10.0 Å². The molecule has 1 N–H and O–H groups in total. The average molecular weight is 404 g/mol. The van der Waals surface area contributed by atoms with Crippen LogP contribution in [0, 0.1) is 28.4 Å². The van der Waals surface area contributed by atoms with Crippen molar-refractivity contribution in [3.8, 4) is 6.07 Å². The summed E-state index contributed by atoms with van der Waals surface area (Å²) in [4.78, 5) is 27.8. The number of pyridine rings is 1. The van der Waals surface area contributed by atoms with Crippen molar-refractivity contribution in [3.05, 3.63) is 56.2 Å². The van der Waals surface area contributed by atoms with Gasteiger partial charge in [-0.2, -0.15) is 5.26 Å². The number of nitro groups is 1. The number of carbonyl (C=O) groups excluding carboxylic acids is 1. The first-order chi connectivity index (χ1) is 11.8. The Labute approximate surface area is 152 Å². The minimum Gasteiger partial charge on any atom is -0.350 e. The molecule has 1 aromatic carbocycles. The summed E-state index contributed by atoms with van der Waals surface area (Å²) in [5.41, 5.74) is 0.940. The first-order valence-electron chi connectivity index (χ1n) is 7.14. The summed E-state index contributed by atoms with van der Waals surface area (Å²) in [5, 5.41) is 22.6. The van der Waals surface area contributed by atoms with Crippen molar-refractivity contribution in [2.24, 2.45) is 0 Å². The number of likely N-dealkylation sites (N-methyl/N-ethyl adjacent to an activating group) is 1. The van der Waals surface area contributed by atoms with Crippen molar-refractivity contribution in [1.82, 2.24) is 4.98 Å². The zero-order valence-electron chi connectivity index (χ0n) is 13.5. The first kappa shape index (κ1) is 18.4. The summed E-state index contributed by atoms with van der Waals surface area (Å²) < 4.78 is 0.916. The monoisotopic (exact) mass is 403 g/mol. The number of anilines is 2. The van der Waals surface area contributed by atoms with Crippen molar-refractivity contribution in [1.29, 1.82) is 5.26 Å². The number of hydrogen-bond acceptors (Lipinski definition) is 6. The summed E-state index contributed by atoms with van der Waals surface area (Å²) >= 11 is 3.36. The molecular formula is C16H14BrN5O3. The fourth-order valence-electron chi connectivity index (χ4n) is 2.14. The van der Waals surface area contributed by atoms with Crippen molar-refractivity contribution >= 4 is 39.0 Å². The highest BCUT2D eigenvalue weighted by molar-refractivity contribution is 9.10. The van der Waals surface area contributed by atoms with Crippen LogP contribution >= 0.6 is 15.9 Å². The lowest BCUT2D eigenvalue weighted by Crippen LogP contribution is -2.31. The van der Waals surface area contributed by atoms with E-state index in [1.165, 1.54) is 17.0 Å². The van der Waals surface area contributed by atoms with Gasteiger partial charge in [-0.25, -0.2) is 4.98 Å². The Kier molecular flexibility index (Phi) is 5.67. The maximum absolute atomic E-state index is 12.2. The highest BCUT2D eigenvalue weighted by Crippen LogP contribution is 2.21. The molecule has 1 aromatic heterocycles. The van der Waals surface area contributed by atoms with Crippen molar-refractivity contribution in [2.45, 2.75) is 6.92 Å². The zero-order chi connectivity index (χ0) is 18.6. The molecule has 0 bridgehead atoms. The second-order valence-electron chi connectivity index (χ2n) is 5.27. The normalized spacial score (nSPS) is 10.0. The third-order valence-corrected chi connectivity index (χ3v) is 3.89. The maximum Gasteiger partial charge on any atom is 0.305 e. The van der Waals surface area contributed by atoms with Crippen LogP contribution in [0.1, 0.15) is 11.3 Å². The van der Waals surface area contributed by atoms with Crippen LogP contribution in [0.25, 0.3) is 0 Å². The van der Waals surface area contributed by atoms with E-state index in [-0.39, 0.29) is 23.8 Å². The van der Waals surface area contributed by atoms with Gasteiger partial charge in [0.15, 0.2) is 0 Å². The van der Waals surface area contributed by atoms with Crippen LogP contribution in [-0.4, -0.2) is 29.4 Å². The molecule has 1 amide bonds. The van der Waals surface area contributed by atoms with Crippen LogP contribution < -0.4 is 10.2 Å². The molecule has 2 aromatic rings. The molecule has 0 spiro atoms. The van der Waals surface area contributed by atoms with Crippen LogP contribution in [0.15, 0.2) is 34.8 Å². The molecule has 0 saturated carbocycles. The second-order valence-corrected chi connectivity index (χ2v) is 6.19. The van der Waals surface area contributed by atoms with Crippen molar-refractivity contribution in [3.63, 3.8) is 0 Å². The molecule has 8 nitrogen and oxygen atoms in total. The summed E-state index contributed by atoms with van der Waals surface area (Å²) in [6, 6.07) is 9.79. The predicted octanol–water partition coefficient (Wildman–Crippen LogP) is 3.01. The maximum atomic E-state index is 12.2. The Bertz CT molecular complexity index is 879. The smallest absolute Gasteiger partial charge is 0.305 e. The lowest BCUT2D eigenvalue weighted by atomic mass is 10.2. The highest BCUT2D eigenvalue weighted by Gasteiger charge is 2.18. The molecule has 25 heavy (non-hydrogen) atoms. The number of hydrogen-bond donors (Lipinski definition) is 1. The third-order valence-electron chi connectivity index (χ3n) is 3.40. The van der Waals surface area contributed by atoms with Crippen molar-refractivity contribution < 1.29 is 9.72 Å². The SMILES string of the molecule is Cc1cc(Br)ccc1NC(=O)CN(C)c1ccc([N+](=O)[O-])c(C#N)n1. The Morgan fingerprint density at radius 2 is 2.16 bits per heavy atom. The van der Waals surface area contributed by atoms with E-state index in [0.29, 0.717) is 11.5 Å². The van der Waals surface area contributed by atoms with E-state index >= 15 is 0 Å². The van der Waals surface area contributed by atoms with Gasteiger partial charge in [-0.05, 0) is 36.8 Å². The number of benzene rings is 1. The van der Waals surface area contributed by atoms with Gasteiger partial charge in [-0.15, -0.1) is 0 Å². The molecule has 0 fully saturated rings. The number of nitrogens with one attached hydrogen (secondary N) is 1. The van der Waals surface area contributed by atoms with Gasteiger partial charge in [0.1, 0.15) is 11.9 Å². The molecule has 0 radical (unpaired) electrons. The Morgan fingerprint density at radius 1 is 1.44 bits per heavy atom. The molecule has 0 unspecified atom stereocenters. The molecule has 2 rings (SSSR count). The molecule has 0 aliphatic heterocycles. The Morgan fingerprint density at radius 3 is 2.76 bits per heavy atom. The van der Waals surface area contributed by atoms with Crippen LogP contribution in [0.5, 0.6) is 0 Å². The number of amides is 1. The number of aromatic nitrogens is 1. The van der Waals surface area contributed by atoms with Gasteiger partial charge >= 0.3 is 5.69 Å². The van der Waals surface area contributed by atoms with Gasteiger partial charge in [0, 0.05) is 23.3 Å². The van der Waals surface area contributed by atoms with Crippen LogP contribution in [0.4, 0.5) is 17.2 Å². The molecule has 0 saturated heterocycles. The van der Waals surface area contributed by atoms with E-state index in [1.54, 1.807) is 19.2 Å². The lowest BCUT2D eigenvalue weighted by Gasteiger charge is -2.18. The highest BCUT2D eigenvalue weighted by atomic mass is 79.9. The zero-order valence-corrected chi connectivity index (χ0v) is 15.1. The minimum absolute atomic E-state index is 0.0226. The minimum atomic E-state index is -0.668. The Hall–Kier alpha value is -2.99. The fraction of sp³-hybridized carbons (Fsp3) is 0.188. The summed E-state index contributed by atoms with van der Waals surface area (Å²) in [5.74, 6) is 0.0245. The van der Waals surface area contributed by atoms with Crippen molar-refractivity contribution in [2.75, 3.05) is 23.8 Å². The lowest BCUT2D eigenvalue weighted by molar-refractivity contribution is -0.385. The van der Waals surface area contributed by atoms with E-state index in [4.69, 9.17) is 5.26 Å². The van der Waals surface area contributed by atoms with Gasteiger partial charge in [-0.3, -0.25) is 14.9 Å². The van der Waals surface area contributed by atoms with Crippen LogP contribution in [0.3, 0.4) is 0 Å². The molecule has 0 aliphatic carbocycles. The standard InChI is InChI=1S/C16H14BrN5O3/c1-10-7-11(17)3-4-12(10)20-16(23)9-21(2)15-6-5-14(22(24)25)13(8-18)19-15/h3-7H,9H2,1-2H3,(H,20,23). The van der Waals surface area contributed by atoms with Crippen LogP contribution in [-0.2, 0) is 4.79 Å². The van der Waals surface area contributed by atoms with Gasteiger partial charge in [0.05, 0.1) is 11.5 Å². The van der Waals surface area contributed by atoms with E-state index in [9.17, 15) is 14.9 Å². The number of nitriles is 1. The van der Waals surface area contributed by atoms with Gasteiger partial charge in [0.2, 0.25) is 11.6 Å². The molecule has 128 valence electrons. The number of carbonyl (C=O) groups is 1. The fourth-order valence-corrected chi connectivity index (χ4v) is 2.61. The number of nitrogens with zero attached hydrogens (tertiary/aromatic N) is 4. The first-order valence-corrected chi connectivity index (χ1v) is 7.93. The third kappa shape index (κ3) is 4.51. The molecule has 0 aliphatic rings. The molecular weight excluding hydrogens is 390 g/mol. The van der Waals surface area contributed by atoms with Gasteiger partial charge in [0.25, 0.3) is 0 Å². The van der Waals surface area contributed by atoms with E-state index < -0.39 is 4.92 Å². The van der Waals surface area contributed by atoms with Gasteiger partial charge < -0.3 is 10.2 Å². The number of halogens is 1. The predicted molar refractivity (Wildman–Crippen MR) is 96.4 cm³/mol. The number of aryl methyl sites for hydroxylation is 1. The average Bonchev–Trinajstić information content (AvgIpc) is 2.56. The molecule has 0 atom stereocenters. The van der Waals surface area contributed by atoms with E-state index in [1.807, 2.05) is 19.1 Å². The quantitative estimate of drug-likeness (QED) is 0.606. The van der Waals surface area contributed by atoms with Gasteiger partial charge in [-0.1, -0.05) is 15.9 Å². The van der Waals surface area contributed by atoms with E-state index in [2.05, 4.69) is 26.2 Å². The molecule has 1 heterocycles. The van der Waals surface area contributed by atoms with Crippen LogP contribution in [0.2, 0.25) is 0 Å².